The lowest BCUT2D eigenvalue weighted by Crippen LogP contribution is -2.29. The maximum atomic E-state index is 6.33. The predicted molar refractivity (Wildman–Crippen MR) is 70.7 cm³/mol. The van der Waals surface area contributed by atoms with E-state index in [-0.39, 0.29) is 0 Å². The Balaban J connectivity index is 3.41. The first kappa shape index (κ1) is 15.2. The van der Waals surface area contributed by atoms with Crippen molar-refractivity contribution in [1.29, 1.82) is 0 Å². The van der Waals surface area contributed by atoms with Crippen molar-refractivity contribution in [2.45, 2.75) is 58.8 Å². The van der Waals surface area contributed by atoms with E-state index in [1.807, 2.05) is 0 Å². The third-order valence-corrected chi connectivity index (χ3v) is 3.55. The molecule has 0 rings (SSSR count). The molecule has 0 aromatic carbocycles. The van der Waals surface area contributed by atoms with Crippen molar-refractivity contribution in [3.05, 3.63) is 0 Å². The Morgan fingerprint density at radius 2 is 1.73 bits per heavy atom. The van der Waals surface area contributed by atoms with Gasteiger partial charge in [-0.15, -0.1) is 11.6 Å². The van der Waals surface area contributed by atoms with E-state index in [2.05, 4.69) is 33.0 Å². The lowest BCUT2D eigenvalue weighted by molar-refractivity contribution is 0.439. The van der Waals surface area contributed by atoms with Gasteiger partial charge in [-0.05, 0) is 31.2 Å². The Hall–Kier alpha value is 0.250. The van der Waals surface area contributed by atoms with E-state index < -0.39 is 0 Å². The van der Waals surface area contributed by atoms with Crippen molar-refractivity contribution >= 4 is 11.6 Å². The molecule has 0 aliphatic heterocycles. The third kappa shape index (κ3) is 8.10. The Bertz CT molecular complexity index is 132. The molecule has 0 aromatic heterocycles. The first-order valence-corrected chi connectivity index (χ1v) is 6.90. The van der Waals surface area contributed by atoms with Crippen LogP contribution in [0, 0.1) is 11.8 Å². The van der Waals surface area contributed by atoms with E-state index in [9.17, 15) is 0 Å². The van der Waals surface area contributed by atoms with E-state index in [4.69, 9.17) is 11.6 Å². The van der Waals surface area contributed by atoms with Gasteiger partial charge in [0.2, 0.25) is 0 Å². The van der Waals surface area contributed by atoms with Gasteiger partial charge in [-0.1, -0.05) is 40.5 Å². The number of hydrogen-bond acceptors (Lipinski definition) is 1. The average molecular weight is 234 g/mol. The largest absolute Gasteiger partial charge is 0.315 e. The Labute approximate surface area is 101 Å². The Morgan fingerprint density at radius 1 is 1.13 bits per heavy atom. The van der Waals surface area contributed by atoms with Crippen molar-refractivity contribution in [3.63, 3.8) is 0 Å². The van der Waals surface area contributed by atoms with Crippen molar-refractivity contribution in [3.8, 4) is 0 Å². The van der Waals surface area contributed by atoms with Crippen molar-refractivity contribution < 1.29 is 0 Å². The van der Waals surface area contributed by atoms with Gasteiger partial charge in [-0.3, -0.25) is 0 Å². The molecule has 0 radical (unpaired) electrons. The van der Waals surface area contributed by atoms with E-state index in [1.54, 1.807) is 0 Å². The molecule has 0 spiro atoms. The molecule has 0 bridgehead atoms. The standard InChI is InChI=1S/C13H28ClN/c1-5-12(6-2)13(14)10-15-9-7-8-11(3)4/h11-13,15H,5-10H2,1-4H3. The number of alkyl halides is 1. The van der Waals surface area contributed by atoms with Crippen LogP contribution in [0.4, 0.5) is 0 Å². The lowest BCUT2D eigenvalue weighted by Gasteiger charge is -2.19. The van der Waals surface area contributed by atoms with E-state index in [0.717, 1.165) is 19.0 Å². The zero-order valence-electron chi connectivity index (χ0n) is 10.9. The van der Waals surface area contributed by atoms with Crippen LogP contribution in [0.25, 0.3) is 0 Å². The molecule has 15 heavy (non-hydrogen) atoms. The summed E-state index contributed by atoms with van der Waals surface area (Å²) < 4.78 is 0. The second-order valence-electron chi connectivity index (χ2n) is 4.83. The molecular weight excluding hydrogens is 206 g/mol. The van der Waals surface area contributed by atoms with Gasteiger partial charge in [-0.25, -0.2) is 0 Å². The minimum Gasteiger partial charge on any atom is -0.315 e. The van der Waals surface area contributed by atoms with Crippen LogP contribution < -0.4 is 5.32 Å². The van der Waals surface area contributed by atoms with E-state index in [1.165, 1.54) is 25.7 Å². The molecular formula is C13H28ClN. The zero-order valence-corrected chi connectivity index (χ0v) is 11.6. The molecule has 0 aromatic rings. The van der Waals surface area contributed by atoms with Crippen LogP contribution in [0.3, 0.4) is 0 Å². The summed E-state index contributed by atoms with van der Waals surface area (Å²) in [5, 5.41) is 3.76. The van der Waals surface area contributed by atoms with E-state index in [0.29, 0.717) is 11.3 Å². The van der Waals surface area contributed by atoms with Crippen LogP contribution in [0.5, 0.6) is 0 Å². The number of halogens is 1. The molecule has 0 aliphatic rings. The van der Waals surface area contributed by atoms with Gasteiger partial charge in [0.25, 0.3) is 0 Å². The minimum absolute atomic E-state index is 0.305. The summed E-state index contributed by atoms with van der Waals surface area (Å²) in [5.74, 6) is 1.49. The molecule has 0 saturated heterocycles. The fourth-order valence-corrected chi connectivity index (χ4v) is 2.31. The van der Waals surface area contributed by atoms with Gasteiger partial charge in [0.05, 0.1) is 0 Å². The van der Waals surface area contributed by atoms with E-state index >= 15 is 0 Å². The summed E-state index contributed by atoms with van der Waals surface area (Å²) in [4.78, 5) is 0. The maximum absolute atomic E-state index is 6.33. The highest BCUT2D eigenvalue weighted by atomic mass is 35.5. The van der Waals surface area contributed by atoms with Gasteiger partial charge < -0.3 is 5.32 Å². The average Bonchev–Trinajstić information content (AvgIpc) is 2.18. The number of nitrogens with one attached hydrogen (secondary N) is 1. The summed E-state index contributed by atoms with van der Waals surface area (Å²) in [6.07, 6.45) is 4.96. The molecule has 0 aliphatic carbocycles. The second kappa shape index (κ2) is 9.47. The number of hydrogen-bond donors (Lipinski definition) is 1. The first-order chi connectivity index (χ1) is 7.11. The van der Waals surface area contributed by atoms with Crippen LogP contribution in [0.1, 0.15) is 53.4 Å². The minimum atomic E-state index is 0.305. The smallest absolute Gasteiger partial charge is 0.0488 e. The molecule has 0 heterocycles. The van der Waals surface area contributed by atoms with Crippen molar-refractivity contribution in [2.75, 3.05) is 13.1 Å². The summed E-state index contributed by atoms with van der Waals surface area (Å²) in [5.41, 5.74) is 0. The van der Waals surface area contributed by atoms with Gasteiger partial charge in [0, 0.05) is 11.9 Å². The summed E-state index contributed by atoms with van der Waals surface area (Å²) in [7, 11) is 0. The topological polar surface area (TPSA) is 12.0 Å². The van der Waals surface area contributed by atoms with Gasteiger partial charge >= 0.3 is 0 Å². The van der Waals surface area contributed by atoms with Gasteiger partial charge in [0.1, 0.15) is 0 Å². The van der Waals surface area contributed by atoms with Crippen LogP contribution in [0.2, 0.25) is 0 Å². The maximum Gasteiger partial charge on any atom is 0.0488 e. The van der Waals surface area contributed by atoms with Crippen molar-refractivity contribution in [1.82, 2.24) is 5.32 Å². The highest BCUT2D eigenvalue weighted by Crippen LogP contribution is 2.17. The highest BCUT2D eigenvalue weighted by molar-refractivity contribution is 6.21. The fraction of sp³-hybridized carbons (Fsp3) is 1.00. The molecule has 0 fully saturated rings. The monoisotopic (exact) mass is 233 g/mol. The van der Waals surface area contributed by atoms with Crippen LogP contribution in [0.15, 0.2) is 0 Å². The molecule has 2 heteroatoms. The molecule has 1 N–H and O–H groups in total. The quantitative estimate of drug-likeness (QED) is 0.468. The number of rotatable bonds is 9. The normalized spacial score (nSPS) is 13.8. The summed E-state index contributed by atoms with van der Waals surface area (Å²) >= 11 is 6.33. The highest BCUT2D eigenvalue weighted by Gasteiger charge is 2.14. The molecule has 0 saturated carbocycles. The molecule has 1 atom stereocenters. The van der Waals surface area contributed by atoms with Crippen LogP contribution >= 0.6 is 11.6 Å². The Kier molecular flexibility index (Phi) is 9.63. The fourth-order valence-electron chi connectivity index (χ4n) is 1.84. The van der Waals surface area contributed by atoms with Crippen LogP contribution in [-0.2, 0) is 0 Å². The zero-order chi connectivity index (χ0) is 11.7. The molecule has 92 valence electrons. The third-order valence-electron chi connectivity index (χ3n) is 3.03. The first-order valence-electron chi connectivity index (χ1n) is 6.46. The summed E-state index contributed by atoms with van der Waals surface area (Å²) in [6.45, 7) is 11.1. The Morgan fingerprint density at radius 3 is 2.20 bits per heavy atom. The molecule has 1 unspecified atom stereocenters. The van der Waals surface area contributed by atoms with Crippen LogP contribution in [-0.4, -0.2) is 18.5 Å². The van der Waals surface area contributed by atoms with Crippen molar-refractivity contribution in [2.24, 2.45) is 11.8 Å². The lowest BCUT2D eigenvalue weighted by atomic mass is 9.99. The summed E-state index contributed by atoms with van der Waals surface area (Å²) in [6, 6.07) is 0. The SMILES string of the molecule is CCC(CC)C(Cl)CNCCCC(C)C. The molecule has 1 nitrogen and oxygen atoms in total. The second-order valence-corrected chi connectivity index (χ2v) is 5.39. The molecule has 0 amide bonds. The van der Waals surface area contributed by atoms with Gasteiger partial charge in [0.15, 0.2) is 0 Å². The van der Waals surface area contributed by atoms with Gasteiger partial charge in [-0.2, -0.15) is 0 Å². The predicted octanol–water partition coefficient (Wildman–Crippen LogP) is 4.06.